The average Bonchev–Trinajstić information content (AvgIpc) is 2.82. The monoisotopic (exact) mass is 281 g/mol. The van der Waals surface area contributed by atoms with Crippen LogP contribution in [0.5, 0.6) is 0 Å². The summed E-state index contributed by atoms with van der Waals surface area (Å²) in [6.45, 7) is 0.322. The lowest BCUT2D eigenvalue weighted by molar-refractivity contribution is -0.148. The first kappa shape index (κ1) is 13.7. The molecule has 0 spiro atoms. The molecule has 1 fully saturated rings. The highest BCUT2D eigenvalue weighted by Gasteiger charge is 2.33. The lowest BCUT2D eigenvalue weighted by atomic mass is 9.86. The van der Waals surface area contributed by atoms with E-state index >= 15 is 0 Å². The molecule has 0 saturated carbocycles. The summed E-state index contributed by atoms with van der Waals surface area (Å²) in [4.78, 5) is 1.53. The van der Waals surface area contributed by atoms with E-state index in [9.17, 15) is 13.2 Å². The minimum Gasteiger partial charge on any atom is -0.295 e. The summed E-state index contributed by atoms with van der Waals surface area (Å²) in [6.07, 6.45) is 0.807. The zero-order valence-corrected chi connectivity index (χ0v) is 11.3. The molecule has 0 atom stereocenters. The van der Waals surface area contributed by atoms with Gasteiger partial charge >= 0.3 is 6.18 Å². The Morgan fingerprint density at radius 2 is 1.80 bits per heavy atom. The summed E-state index contributed by atoms with van der Waals surface area (Å²) in [5, 5.41) is 0. The van der Waals surface area contributed by atoms with Crippen molar-refractivity contribution in [3.05, 3.63) is 41.5 Å². The fourth-order valence-electron chi connectivity index (χ4n) is 3.35. The van der Waals surface area contributed by atoms with Gasteiger partial charge in [-0.2, -0.15) is 13.2 Å². The molecule has 0 amide bonds. The van der Waals surface area contributed by atoms with Crippen molar-refractivity contribution in [1.29, 1.82) is 0 Å². The third-order valence-corrected chi connectivity index (χ3v) is 4.30. The topological polar surface area (TPSA) is 3.24 Å². The van der Waals surface area contributed by atoms with Crippen molar-refractivity contribution in [2.75, 3.05) is 19.6 Å². The highest BCUT2D eigenvalue weighted by molar-refractivity contribution is 5.74. The Kier molecular flexibility index (Phi) is 3.59. The highest BCUT2D eigenvalue weighted by atomic mass is 19.4. The molecule has 1 aromatic carbocycles. The van der Waals surface area contributed by atoms with Gasteiger partial charge in [0.2, 0.25) is 0 Å². The Morgan fingerprint density at radius 1 is 1.10 bits per heavy atom. The smallest absolute Gasteiger partial charge is 0.295 e. The lowest BCUT2D eigenvalue weighted by Crippen LogP contribution is -2.40. The Bertz CT molecular complexity index is 511. The minimum absolute atomic E-state index is 0.420. The van der Waals surface area contributed by atoms with Gasteiger partial charge in [-0.15, -0.1) is 0 Å². The predicted molar refractivity (Wildman–Crippen MR) is 73.3 cm³/mol. The molecule has 1 heterocycles. The molecule has 1 saturated heterocycles. The maximum atomic E-state index is 12.4. The first-order valence-corrected chi connectivity index (χ1v) is 7.10. The van der Waals surface area contributed by atoms with Crippen molar-refractivity contribution >= 4 is 5.57 Å². The van der Waals surface area contributed by atoms with Crippen molar-refractivity contribution in [1.82, 2.24) is 4.90 Å². The second-order valence-electron chi connectivity index (χ2n) is 5.69. The van der Waals surface area contributed by atoms with Crippen LogP contribution in [0, 0.1) is 5.92 Å². The van der Waals surface area contributed by atoms with E-state index in [2.05, 4.69) is 18.2 Å². The van der Waals surface area contributed by atoms with Gasteiger partial charge in [-0.3, -0.25) is 4.90 Å². The van der Waals surface area contributed by atoms with Crippen LogP contribution < -0.4 is 0 Å². The van der Waals surface area contributed by atoms with Crippen LogP contribution in [0.1, 0.15) is 24.0 Å². The fourth-order valence-corrected chi connectivity index (χ4v) is 3.35. The largest absolute Gasteiger partial charge is 0.401 e. The van der Waals surface area contributed by atoms with E-state index in [1.54, 1.807) is 0 Å². The lowest BCUT2D eigenvalue weighted by Gasteiger charge is -2.33. The van der Waals surface area contributed by atoms with E-state index in [-0.39, 0.29) is 0 Å². The SMILES string of the molecule is FC(F)(F)CN1CCC(C2=CCc3ccccc32)CC1. The molecule has 20 heavy (non-hydrogen) atoms. The van der Waals surface area contributed by atoms with Crippen LogP contribution in [0.2, 0.25) is 0 Å². The number of alkyl halides is 3. The molecule has 0 radical (unpaired) electrons. The zero-order valence-electron chi connectivity index (χ0n) is 11.3. The number of rotatable bonds is 2. The summed E-state index contributed by atoms with van der Waals surface area (Å²) in [5.41, 5.74) is 4.01. The molecule has 1 aliphatic carbocycles. The minimum atomic E-state index is -4.08. The third kappa shape index (κ3) is 2.90. The van der Waals surface area contributed by atoms with Crippen molar-refractivity contribution in [3.8, 4) is 0 Å². The van der Waals surface area contributed by atoms with Crippen LogP contribution in [0.25, 0.3) is 5.57 Å². The fraction of sp³-hybridized carbons (Fsp3) is 0.500. The second kappa shape index (κ2) is 5.24. The molecule has 1 nitrogen and oxygen atoms in total. The Hall–Kier alpha value is -1.29. The van der Waals surface area contributed by atoms with E-state index in [1.807, 2.05) is 12.1 Å². The summed E-state index contributed by atoms with van der Waals surface area (Å²) in [7, 11) is 0. The van der Waals surface area contributed by atoms with E-state index in [1.165, 1.54) is 21.6 Å². The molecule has 0 N–H and O–H groups in total. The second-order valence-corrected chi connectivity index (χ2v) is 5.69. The maximum Gasteiger partial charge on any atom is 0.401 e. The molecule has 1 aliphatic heterocycles. The van der Waals surface area contributed by atoms with Crippen LogP contribution in [-0.4, -0.2) is 30.7 Å². The Morgan fingerprint density at radius 3 is 2.50 bits per heavy atom. The van der Waals surface area contributed by atoms with Gasteiger partial charge in [0, 0.05) is 0 Å². The van der Waals surface area contributed by atoms with Gasteiger partial charge in [0.05, 0.1) is 6.54 Å². The number of allylic oxidation sites excluding steroid dienone is 2. The molecule has 3 rings (SSSR count). The molecule has 4 heteroatoms. The normalized spacial score (nSPS) is 20.9. The molecule has 0 unspecified atom stereocenters. The van der Waals surface area contributed by atoms with E-state index in [0.29, 0.717) is 19.0 Å². The molecular weight excluding hydrogens is 263 g/mol. The number of nitrogens with zero attached hydrogens (tertiary/aromatic N) is 1. The van der Waals surface area contributed by atoms with Crippen LogP contribution >= 0.6 is 0 Å². The Balaban J connectivity index is 1.63. The maximum absolute atomic E-state index is 12.4. The molecule has 0 aromatic heterocycles. The summed E-state index contributed by atoms with van der Waals surface area (Å²) < 4.78 is 37.1. The summed E-state index contributed by atoms with van der Waals surface area (Å²) >= 11 is 0. The first-order valence-electron chi connectivity index (χ1n) is 7.10. The quantitative estimate of drug-likeness (QED) is 0.794. The number of likely N-dealkylation sites (tertiary alicyclic amines) is 1. The van der Waals surface area contributed by atoms with Crippen molar-refractivity contribution in [2.24, 2.45) is 5.92 Å². The van der Waals surface area contributed by atoms with Crippen LogP contribution in [0.4, 0.5) is 13.2 Å². The summed E-state index contributed by atoms with van der Waals surface area (Å²) in [6, 6.07) is 8.35. The summed E-state index contributed by atoms with van der Waals surface area (Å²) in [5.74, 6) is 0.420. The third-order valence-electron chi connectivity index (χ3n) is 4.30. The van der Waals surface area contributed by atoms with Crippen LogP contribution in [0.15, 0.2) is 30.3 Å². The van der Waals surface area contributed by atoms with E-state index in [4.69, 9.17) is 0 Å². The predicted octanol–water partition coefficient (Wildman–Crippen LogP) is 3.90. The number of benzene rings is 1. The number of hydrogen-bond acceptors (Lipinski definition) is 1. The average molecular weight is 281 g/mol. The molecule has 0 bridgehead atoms. The molecule has 1 aromatic rings. The highest BCUT2D eigenvalue weighted by Crippen LogP contribution is 2.38. The van der Waals surface area contributed by atoms with E-state index < -0.39 is 12.7 Å². The van der Waals surface area contributed by atoms with Gasteiger partial charge in [-0.1, -0.05) is 30.3 Å². The molecule has 108 valence electrons. The van der Waals surface area contributed by atoms with E-state index in [0.717, 1.165) is 19.3 Å². The van der Waals surface area contributed by atoms with Gasteiger partial charge in [-0.25, -0.2) is 0 Å². The van der Waals surface area contributed by atoms with Crippen molar-refractivity contribution in [2.45, 2.75) is 25.4 Å². The van der Waals surface area contributed by atoms with Crippen molar-refractivity contribution in [3.63, 3.8) is 0 Å². The Labute approximate surface area is 117 Å². The molecular formula is C16H18F3N. The molecule has 2 aliphatic rings. The van der Waals surface area contributed by atoms with Gasteiger partial charge in [-0.05, 0) is 55.0 Å². The number of fused-ring (bicyclic) bond motifs is 1. The van der Waals surface area contributed by atoms with Crippen LogP contribution in [-0.2, 0) is 6.42 Å². The van der Waals surface area contributed by atoms with Gasteiger partial charge in [0.25, 0.3) is 0 Å². The standard InChI is InChI=1S/C16H18F3N/c17-16(18,19)11-20-9-7-13(8-10-20)15-6-5-12-3-1-2-4-14(12)15/h1-4,6,13H,5,7-11H2. The van der Waals surface area contributed by atoms with Gasteiger partial charge < -0.3 is 0 Å². The number of halogens is 3. The van der Waals surface area contributed by atoms with Crippen LogP contribution in [0.3, 0.4) is 0 Å². The number of piperidine rings is 1. The first-order chi connectivity index (χ1) is 9.53. The van der Waals surface area contributed by atoms with Gasteiger partial charge in [0.1, 0.15) is 0 Å². The number of hydrogen-bond donors (Lipinski definition) is 0. The zero-order chi connectivity index (χ0) is 14.2. The van der Waals surface area contributed by atoms with Crippen molar-refractivity contribution < 1.29 is 13.2 Å². The van der Waals surface area contributed by atoms with Gasteiger partial charge in [0.15, 0.2) is 0 Å².